The molecule has 9 heteroatoms. The molecule has 1 fully saturated rings. The molecule has 1 unspecified atom stereocenters. The van der Waals surface area contributed by atoms with Crippen molar-refractivity contribution in [2.45, 2.75) is 40.7 Å². The number of nitrogens with one attached hydrogen (secondary N) is 1. The molecule has 1 aromatic heterocycles. The minimum Gasteiger partial charge on any atom is -0.507 e. The zero-order chi connectivity index (χ0) is 26.6. The number of H-pyrrole nitrogens is 1. The van der Waals surface area contributed by atoms with E-state index in [4.69, 9.17) is 9.47 Å². The second kappa shape index (κ2) is 11.4. The molecule has 9 nitrogen and oxygen atoms in total. The average Bonchev–Trinajstić information content (AvgIpc) is 3.31. The number of nitrogens with zero attached hydrogens (tertiary/aromatic N) is 2. The maximum atomic E-state index is 13.4. The number of ether oxygens (including phenoxy) is 2. The Morgan fingerprint density at radius 2 is 1.81 bits per heavy atom. The summed E-state index contributed by atoms with van der Waals surface area (Å²) in [6, 6.07) is 6.29. The third kappa shape index (κ3) is 4.88. The van der Waals surface area contributed by atoms with Crippen LogP contribution < -0.4 is 4.74 Å². The third-order valence-electron chi connectivity index (χ3n) is 6.68. The predicted molar refractivity (Wildman–Crippen MR) is 136 cm³/mol. The van der Waals surface area contributed by atoms with Gasteiger partial charge in [-0.15, -0.1) is 0 Å². The number of aromatic amines is 1. The van der Waals surface area contributed by atoms with Gasteiger partial charge in [-0.3, -0.25) is 9.59 Å². The summed E-state index contributed by atoms with van der Waals surface area (Å²) >= 11 is 0. The van der Waals surface area contributed by atoms with E-state index in [1.807, 2.05) is 13.8 Å². The molecule has 1 saturated heterocycles. The van der Waals surface area contributed by atoms with Crippen molar-refractivity contribution in [3.05, 3.63) is 57.9 Å². The van der Waals surface area contributed by atoms with Crippen LogP contribution in [0.15, 0.2) is 29.8 Å². The minimum atomic E-state index is -0.851. The van der Waals surface area contributed by atoms with Crippen molar-refractivity contribution in [3.8, 4) is 5.75 Å². The van der Waals surface area contributed by atoms with Crippen molar-refractivity contribution in [2.75, 3.05) is 39.9 Å². The standard InChI is InChI=1S/C27H35N3O6/c1-7-29(8-2)14-15-30-23(18-12-10-11-13-19(18)35-6)21(25(32)26(30)33)24(31)20-16(4)22(28-17(20)5)27(34)36-9-3/h10-13,23,28,31H,7-9,14-15H2,1-6H3/b24-21+. The van der Waals surface area contributed by atoms with E-state index in [-0.39, 0.29) is 23.6 Å². The number of aryl methyl sites for hydroxylation is 1. The Kier molecular flexibility index (Phi) is 8.57. The van der Waals surface area contributed by atoms with Gasteiger partial charge in [0.25, 0.3) is 11.7 Å². The number of amides is 1. The van der Waals surface area contributed by atoms with E-state index in [2.05, 4.69) is 9.88 Å². The van der Waals surface area contributed by atoms with Crippen molar-refractivity contribution >= 4 is 23.4 Å². The molecular weight excluding hydrogens is 462 g/mol. The number of aliphatic hydroxyl groups is 1. The van der Waals surface area contributed by atoms with Crippen LogP contribution in [-0.4, -0.2) is 77.4 Å². The van der Waals surface area contributed by atoms with Crippen molar-refractivity contribution < 1.29 is 29.0 Å². The molecule has 194 valence electrons. The van der Waals surface area contributed by atoms with Gasteiger partial charge in [0, 0.05) is 29.9 Å². The van der Waals surface area contributed by atoms with Crippen LogP contribution in [0.4, 0.5) is 0 Å². The Hall–Kier alpha value is -3.59. The summed E-state index contributed by atoms with van der Waals surface area (Å²) in [6.45, 7) is 11.8. The number of hydrogen-bond acceptors (Lipinski definition) is 7. The number of methoxy groups -OCH3 is 1. The highest BCUT2D eigenvalue weighted by atomic mass is 16.5. The molecule has 2 heterocycles. The van der Waals surface area contributed by atoms with Crippen LogP contribution >= 0.6 is 0 Å². The number of likely N-dealkylation sites (tertiary alicyclic amines) is 1. The summed E-state index contributed by atoms with van der Waals surface area (Å²) in [5.41, 5.74) is 1.99. The largest absolute Gasteiger partial charge is 0.507 e. The van der Waals surface area contributed by atoms with Crippen molar-refractivity contribution in [1.29, 1.82) is 0 Å². The first-order chi connectivity index (χ1) is 17.2. The van der Waals surface area contributed by atoms with Crippen LogP contribution in [0.5, 0.6) is 5.75 Å². The van der Waals surface area contributed by atoms with Crippen LogP contribution in [0, 0.1) is 13.8 Å². The molecule has 2 aromatic rings. The first kappa shape index (κ1) is 27.0. The zero-order valence-electron chi connectivity index (χ0n) is 21.8. The lowest BCUT2D eigenvalue weighted by atomic mass is 9.93. The van der Waals surface area contributed by atoms with Crippen molar-refractivity contribution in [1.82, 2.24) is 14.8 Å². The Morgan fingerprint density at radius 1 is 1.14 bits per heavy atom. The molecule has 1 amide bonds. The third-order valence-corrected chi connectivity index (χ3v) is 6.68. The summed E-state index contributed by atoms with van der Waals surface area (Å²) in [6.07, 6.45) is 0. The number of likely N-dealkylation sites (N-methyl/N-ethyl adjacent to an activating group) is 1. The fraction of sp³-hybridized carbons (Fsp3) is 0.444. The normalized spacial score (nSPS) is 17.2. The number of rotatable bonds is 10. The Labute approximate surface area is 211 Å². The van der Waals surface area contributed by atoms with Gasteiger partial charge >= 0.3 is 5.97 Å². The fourth-order valence-corrected chi connectivity index (χ4v) is 4.76. The molecule has 0 saturated carbocycles. The SMILES string of the molecule is CCOC(=O)c1[nH]c(C)c(/C(O)=C2\C(=O)C(=O)N(CCN(CC)CC)C2c2ccccc2OC)c1C. The zero-order valence-corrected chi connectivity index (χ0v) is 21.8. The smallest absolute Gasteiger partial charge is 0.355 e. The molecule has 1 aliphatic rings. The topological polar surface area (TPSA) is 112 Å². The number of aromatic nitrogens is 1. The Balaban J connectivity index is 2.21. The fourth-order valence-electron chi connectivity index (χ4n) is 4.76. The van der Waals surface area contributed by atoms with Gasteiger partial charge in [-0.2, -0.15) is 0 Å². The Morgan fingerprint density at radius 3 is 2.42 bits per heavy atom. The first-order valence-corrected chi connectivity index (χ1v) is 12.2. The van der Waals surface area contributed by atoms with E-state index < -0.39 is 23.7 Å². The van der Waals surface area contributed by atoms with Gasteiger partial charge < -0.3 is 29.4 Å². The summed E-state index contributed by atoms with van der Waals surface area (Å²) < 4.78 is 10.7. The van der Waals surface area contributed by atoms with Crippen LogP contribution in [0.1, 0.15) is 59.7 Å². The highest BCUT2D eigenvalue weighted by Crippen LogP contribution is 2.43. The summed E-state index contributed by atoms with van der Waals surface area (Å²) in [5.74, 6) is -1.86. The molecule has 1 atom stereocenters. The molecule has 0 spiro atoms. The lowest BCUT2D eigenvalue weighted by molar-refractivity contribution is -0.140. The number of benzene rings is 1. The maximum absolute atomic E-state index is 13.4. The number of esters is 1. The van der Waals surface area contributed by atoms with E-state index >= 15 is 0 Å². The number of carbonyl (C=O) groups excluding carboxylic acids is 3. The van der Waals surface area contributed by atoms with Gasteiger partial charge in [0.15, 0.2) is 0 Å². The second-order valence-corrected chi connectivity index (χ2v) is 8.61. The van der Waals surface area contributed by atoms with E-state index in [0.717, 1.165) is 13.1 Å². The summed E-state index contributed by atoms with van der Waals surface area (Å²) in [7, 11) is 1.52. The minimum absolute atomic E-state index is 0.0374. The molecule has 2 N–H and O–H groups in total. The molecule has 1 aromatic carbocycles. The first-order valence-electron chi connectivity index (χ1n) is 12.2. The molecule has 0 bridgehead atoms. The molecule has 3 rings (SSSR count). The second-order valence-electron chi connectivity index (χ2n) is 8.61. The van der Waals surface area contributed by atoms with E-state index in [9.17, 15) is 19.5 Å². The van der Waals surface area contributed by atoms with Gasteiger partial charge in [0.1, 0.15) is 17.2 Å². The number of Topliss-reactive ketones (excluding diaryl/α,β-unsaturated/α-hetero) is 1. The highest BCUT2D eigenvalue weighted by molar-refractivity contribution is 6.46. The highest BCUT2D eigenvalue weighted by Gasteiger charge is 2.47. The van der Waals surface area contributed by atoms with Gasteiger partial charge in [-0.05, 0) is 45.5 Å². The summed E-state index contributed by atoms with van der Waals surface area (Å²) in [5, 5.41) is 11.5. The summed E-state index contributed by atoms with van der Waals surface area (Å²) in [4.78, 5) is 45.7. The number of para-hydroxylation sites is 1. The molecular formula is C27H35N3O6. The monoisotopic (exact) mass is 497 g/mol. The molecule has 1 aliphatic heterocycles. The van der Waals surface area contributed by atoms with E-state index in [1.54, 1.807) is 45.0 Å². The van der Waals surface area contributed by atoms with Crippen LogP contribution in [0.3, 0.4) is 0 Å². The number of hydrogen-bond donors (Lipinski definition) is 2. The maximum Gasteiger partial charge on any atom is 0.355 e. The van der Waals surface area contributed by atoms with Crippen LogP contribution in [0.25, 0.3) is 5.76 Å². The van der Waals surface area contributed by atoms with Crippen LogP contribution in [0.2, 0.25) is 0 Å². The number of carbonyl (C=O) groups is 3. The molecule has 0 radical (unpaired) electrons. The van der Waals surface area contributed by atoms with Crippen molar-refractivity contribution in [3.63, 3.8) is 0 Å². The van der Waals surface area contributed by atoms with E-state index in [0.29, 0.717) is 41.2 Å². The van der Waals surface area contributed by atoms with Gasteiger partial charge in [-0.25, -0.2) is 4.79 Å². The van der Waals surface area contributed by atoms with Gasteiger partial charge in [0.2, 0.25) is 0 Å². The molecule has 36 heavy (non-hydrogen) atoms. The number of ketones is 1. The Bertz CT molecular complexity index is 1180. The average molecular weight is 498 g/mol. The van der Waals surface area contributed by atoms with Crippen molar-refractivity contribution in [2.24, 2.45) is 0 Å². The molecule has 0 aliphatic carbocycles. The van der Waals surface area contributed by atoms with Gasteiger partial charge in [0.05, 0.1) is 25.3 Å². The lowest BCUT2D eigenvalue weighted by Crippen LogP contribution is -2.38. The van der Waals surface area contributed by atoms with Crippen LogP contribution in [-0.2, 0) is 14.3 Å². The lowest BCUT2D eigenvalue weighted by Gasteiger charge is -2.29. The predicted octanol–water partition coefficient (Wildman–Crippen LogP) is 3.58. The van der Waals surface area contributed by atoms with E-state index in [1.165, 1.54) is 12.0 Å². The number of aliphatic hydroxyl groups excluding tert-OH is 1. The van der Waals surface area contributed by atoms with Gasteiger partial charge in [-0.1, -0.05) is 32.0 Å². The quantitative estimate of drug-likeness (QED) is 0.223.